The number of piperidine rings is 1. The average molecular weight is 391 g/mol. The fourth-order valence-electron chi connectivity index (χ4n) is 3.24. The van der Waals surface area contributed by atoms with E-state index in [-0.39, 0.29) is 18.3 Å². The van der Waals surface area contributed by atoms with Crippen LogP contribution in [0.3, 0.4) is 0 Å². The van der Waals surface area contributed by atoms with Gasteiger partial charge in [-0.15, -0.1) is 10.2 Å². The molecule has 0 aliphatic carbocycles. The standard InChI is InChI=1S/C18H16F3N5O2/c19-18(20,21)17-25-24-15(28-17)12-7-4-8-26(10-12)16(27)14-9-13(22-23-14)11-5-2-1-3-6-11/h1-3,5-6,9,12H,4,7-8,10H2,(H,22,23). The second kappa shape index (κ2) is 7.10. The number of carbonyl (C=O) groups is 1. The molecule has 4 rings (SSSR count). The number of aromatic nitrogens is 4. The quantitative estimate of drug-likeness (QED) is 0.738. The van der Waals surface area contributed by atoms with Crippen molar-refractivity contribution in [2.24, 2.45) is 0 Å². The van der Waals surface area contributed by atoms with Crippen molar-refractivity contribution in [2.45, 2.75) is 24.9 Å². The molecule has 7 nitrogen and oxygen atoms in total. The van der Waals surface area contributed by atoms with Crippen LogP contribution >= 0.6 is 0 Å². The fraction of sp³-hybridized carbons (Fsp3) is 0.333. The number of nitrogens with one attached hydrogen (secondary N) is 1. The molecular weight excluding hydrogens is 375 g/mol. The van der Waals surface area contributed by atoms with Gasteiger partial charge in [0.1, 0.15) is 5.69 Å². The number of hydrogen-bond donors (Lipinski definition) is 1. The van der Waals surface area contributed by atoms with Crippen LogP contribution in [-0.2, 0) is 6.18 Å². The lowest BCUT2D eigenvalue weighted by Crippen LogP contribution is -2.39. The van der Waals surface area contributed by atoms with Crippen molar-refractivity contribution in [1.82, 2.24) is 25.3 Å². The zero-order chi connectivity index (χ0) is 19.7. The highest BCUT2D eigenvalue weighted by Crippen LogP contribution is 2.32. The summed E-state index contributed by atoms with van der Waals surface area (Å²) in [6, 6.07) is 11.1. The van der Waals surface area contributed by atoms with E-state index in [2.05, 4.69) is 20.4 Å². The Hall–Kier alpha value is -3.17. The van der Waals surface area contributed by atoms with E-state index in [4.69, 9.17) is 4.42 Å². The van der Waals surface area contributed by atoms with Crippen molar-refractivity contribution in [3.8, 4) is 11.3 Å². The summed E-state index contributed by atoms with van der Waals surface area (Å²) in [6.07, 6.45) is -3.49. The van der Waals surface area contributed by atoms with Gasteiger partial charge in [-0.3, -0.25) is 9.89 Å². The highest BCUT2D eigenvalue weighted by molar-refractivity contribution is 5.93. The van der Waals surface area contributed by atoms with Gasteiger partial charge < -0.3 is 9.32 Å². The Morgan fingerprint density at radius 3 is 2.71 bits per heavy atom. The molecule has 0 saturated carbocycles. The Labute approximate surface area is 157 Å². The number of nitrogens with zero attached hydrogens (tertiary/aromatic N) is 4. The highest BCUT2D eigenvalue weighted by Gasteiger charge is 2.39. The Bertz CT molecular complexity index is 967. The number of carbonyl (C=O) groups excluding carboxylic acids is 1. The van der Waals surface area contributed by atoms with Gasteiger partial charge in [0.15, 0.2) is 0 Å². The molecular formula is C18H16F3N5O2. The maximum atomic E-state index is 12.8. The van der Waals surface area contributed by atoms with Crippen LogP contribution in [0.1, 0.15) is 41.0 Å². The summed E-state index contributed by atoms with van der Waals surface area (Å²) in [5, 5.41) is 13.5. The number of hydrogen-bond acceptors (Lipinski definition) is 5. The third-order valence-electron chi connectivity index (χ3n) is 4.62. The maximum Gasteiger partial charge on any atom is 0.470 e. The zero-order valence-electron chi connectivity index (χ0n) is 14.6. The number of likely N-dealkylation sites (tertiary alicyclic amines) is 1. The summed E-state index contributed by atoms with van der Waals surface area (Å²) >= 11 is 0. The molecule has 1 aromatic carbocycles. The van der Waals surface area contributed by atoms with Gasteiger partial charge in [-0.1, -0.05) is 30.3 Å². The number of halogens is 3. The molecule has 1 amide bonds. The molecule has 1 fully saturated rings. The van der Waals surface area contributed by atoms with Crippen LogP contribution < -0.4 is 0 Å². The van der Waals surface area contributed by atoms with Gasteiger partial charge in [0, 0.05) is 18.7 Å². The summed E-state index contributed by atoms with van der Waals surface area (Å²) in [6.45, 7) is 0.702. The molecule has 146 valence electrons. The molecule has 3 aromatic rings. The fourth-order valence-corrected chi connectivity index (χ4v) is 3.24. The predicted molar refractivity (Wildman–Crippen MR) is 91.2 cm³/mol. The van der Waals surface area contributed by atoms with Crippen molar-refractivity contribution < 1.29 is 22.4 Å². The summed E-state index contributed by atoms with van der Waals surface area (Å²) in [5.41, 5.74) is 1.84. The van der Waals surface area contributed by atoms with Crippen LogP contribution in [-0.4, -0.2) is 44.3 Å². The summed E-state index contributed by atoms with van der Waals surface area (Å²) in [4.78, 5) is 14.4. The number of amides is 1. The minimum Gasteiger partial charge on any atom is -0.417 e. The van der Waals surface area contributed by atoms with Gasteiger partial charge in [0.25, 0.3) is 5.91 Å². The van der Waals surface area contributed by atoms with Crippen molar-refractivity contribution >= 4 is 5.91 Å². The first kappa shape index (κ1) is 18.2. The summed E-state index contributed by atoms with van der Waals surface area (Å²) in [7, 11) is 0. The number of rotatable bonds is 3. The molecule has 1 atom stereocenters. The number of H-pyrrole nitrogens is 1. The Morgan fingerprint density at radius 1 is 1.21 bits per heavy atom. The van der Waals surface area contributed by atoms with E-state index in [0.717, 1.165) is 5.56 Å². The van der Waals surface area contributed by atoms with E-state index in [0.29, 0.717) is 30.8 Å². The van der Waals surface area contributed by atoms with Gasteiger partial charge in [-0.25, -0.2) is 0 Å². The lowest BCUT2D eigenvalue weighted by molar-refractivity contribution is -0.157. The zero-order valence-corrected chi connectivity index (χ0v) is 14.6. The van der Waals surface area contributed by atoms with Crippen molar-refractivity contribution in [3.63, 3.8) is 0 Å². The van der Waals surface area contributed by atoms with Gasteiger partial charge in [0.05, 0.1) is 11.6 Å². The van der Waals surface area contributed by atoms with Crippen LogP contribution in [0.5, 0.6) is 0 Å². The molecule has 1 unspecified atom stereocenters. The molecule has 28 heavy (non-hydrogen) atoms. The minimum absolute atomic E-state index is 0.0978. The van der Waals surface area contributed by atoms with E-state index in [1.165, 1.54) is 0 Å². The second-order valence-corrected chi connectivity index (χ2v) is 6.57. The van der Waals surface area contributed by atoms with Crippen LogP contribution in [0.2, 0.25) is 0 Å². The molecule has 1 aliphatic rings. The van der Waals surface area contributed by atoms with Crippen LogP contribution in [0, 0.1) is 0 Å². The largest absolute Gasteiger partial charge is 0.470 e. The number of alkyl halides is 3. The third-order valence-corrected chi connectivity index (χ3v) is 4.62. The van der Waals surface area contributed by atoms with E-state index >= 15 is 0 Å². The monoisotopic (exact) mass is 391 g/mol. The molecule has 3 heterocycles. The normalized spacial score (nSPS) is 17.7. The number of aromatic amines is 1. The van der Waals surface area contributed by atoms with Gasteiger partial charge >= 0.3 is 12.1 Å². The third kappa shape index (κ3) is 3.62. The van der Waals surface area contributed by atoms with E-state index in [1.807, 2.05) is 30.3 Å². The van der Waals surface area contributed by atoms with Gasteiger partial charge in [-0.2, -0.15) is 18.3 Å². The average Bonchev–Trinajstić information content (AvgIpc) is 3.38. The summed E-state index contributed by atoms with van der Waals surface area (Å²) in [5.74, 6) is -2.17. The van der Waals surface area contributed by atoms with E-state index in [9.17, 15) is 18.0 Å². The molecule has 0 bridgehead atoms. The first-order chi connectivity index (χ1) is 13.4. The van der Waals surface area contributed by atoms with Crippen LogP contribution in [0.25, 0.3) is 11.3 Å². The number of benzene rings is 1. The summed E-state index contributed by atoms with van der Waals surface area (Å²) < 4.78 is 42.8. The van der Waals surface area contributed by atoms with E-state index < -0.39 is 18.0 Å². The molecule has 0 spiro atoms. The first-order valence-corrected chi connectivity index (χ1v) is 8.72. The first-order valence-electron chi connectivity index (χ1n) is 8.72. The van der Waals surface area contributed by atoms with Crippen molar-refractivity contribution in [2.75, 3.05) is 13.1 Å². The van der Waals surface area contributed by atoms with Crippen molar-refractivity contribution in [1.29, 1.82) is 0 Å². The second-order valence-electron chi connectivity index (χ2n) is 6.57. The molecule has 1 aliphatic heterocycles. The minimum atomic E-state index is -4.68. The van der Waals surface area contributed by atoms with Crippen LogP contribution in [0.15, 0.2) is 40.8 Å². The van der Waals surface area contributed by atoms with Gasteiger partial charge in [0.2, 0.25) is 5.89 Å². The Kier molecular flexibility index (Phi) is 4.62. The lowest BCUT2D eigenvalue weighted by Gasteiger charge is -2.30. The Balaban J connectivity index is 1.48. The molecule has 1 saturated heterocycles. The topological polar surface area (TPSA) is 87.9 Å². The van der Waals surface area contributed by atoms with Crippen LogP contribution in [0.4, 0.5) is 13.2 Å². The van der Waals surface area contributed by atoms with Gasteiger partial charge in [-0.05, 0) is 18.9 Å². The predicted octanol–water partition coefficient (Wildman–Crippen LogP) is 3.50. The Morgan fingerprint density at radius 2 is 2.00 bits per heavy atom. The molecule has 10 heteroatoms. The van der Waals surface area contributed by atoms with Crippen molar-refractivity contribution in [3.05, 3.63) is 53.9 Å². The van der Waals surface area contributed by atoms with E-state index in [1.54, 1.807) is 11.0 Å². The molecule has 1 N–H and O–H groups in total. The molecule has 2 aromatic heterocycles. The highest BCUT2D eigenvalue weighted by atomic mass is 19.4. The SMILES string of the molecule is O=C(c1cc(-c2ccccc2)n[nH]1)N1CCCC(c2nnc(C(F)(F)F)o2)C1. The smallest absolute Gasteiger partial charge is 0.417 e. The molecule has 0 radical (unpaired) electrons. The maximum absolute atomic E-state index is 12.8. The lowest BCUT2D eigenvalue weighted by atomic mass is 9.97.